The highest BCUT2D eigenvalue weighted by Gasteiger charge is 2.13. The van der Waals surface area contributed by atoms with Crippen LogP contribution in [0.15, 0.2) is 18.6 Å². The summed E-state index contributed by atoms with van der Waals surface area (Å²) in [4.78, 5) is 4.03. The van der Waals surface area contributed by atoms with Crippen molar-refractivity contribution >= 4 is 5.65 Å². The third-order valence-electron chi connectivity index (χ3n) is 2.44. The predicted octanol–water partition coefficient (Wildman–Crippen LogP) is 0.551. The molecule has 6 nitrogen and oxygen atoms in total. The summed E-state index contributed by atoms with van der Waals surface area (Å²) in [5.74, 6) is 0.749. The Morgan fingerprint density at radius 2 is 2.38 bits per heavy atom. The summed E-state index contributed by atoms with van der Waals surface area (Å²) >= 11 is 0. The van der Waals surface area contributed by atoms with E-state index < -0.39 is 0 Å². The fourth-order valence-electron chi connectivity index (χ4n) is 1.59. The summed E-state index contributed by atoms with van der Waals surface area (Å²) in [7, 11) is 1.68. The first-order valence-corrected chi connectivity index (χ1v) is 5.22. The van der Waals surface area contributed by atoms with Crippen molar-refractivity contribution in [2.75, 3.05) is 13.7 Å². The van der Waals surface area contributed by atoms with Gasteiger partial charge in [-0.3, -0.25) is 4.40 Å². The summed E-state index contributed by atoms with van der Waals surface area (Å²) < 4.78 is 6.80. The first kappa shape index (κ1) is 11.0. The second-order valence-corrected chi connectivity index (χ2v) is 3.61. The van der Waals surface area contributed by atoms with Crippen molar-refractivity contribution in [3.8, 4) is 0 Å². The van der Waals surface area contributed by atoms with Gasteiger partial charge in [0.15, 0.2) is 11.5 Å². The van der Waals surface area contributed by atoms with Gasteiger partial charge in [0, 0.05) is 26.0 Å². The van der Waals surface area contributed by atoms with Crippen molar-refractivity contribution in [2.45, 2.75) is 18.9 Å². The van der Waals surface area contributed by atoms with Gasteiger partial charge < -0.3 is 10.5 Å². The molecule has 0 amide bonds. The lowest BCUT2D eigenvalue weighted by atomic mass is 10.1. The molecule has 1 unspecified atom stereocenters. The molecular formula is C10H15N5O. The molecule has 2 aromatic heterocycles. The Labute approximate surface area is 93.5 Å². The molecule has 1 atom stereocenters. The molecule has 2 heterocycles. The number of nitrogens with zero attached hydrogens (tertiary/aromatic N) is 4. The minimum atomic E-state index is -0.130. The van der Waals surface area contributed by atoms with Crippen LogP contribution in [-0.2, 0) is 4.74 Å². The van der Waals surface area contributed by atoms with Crippen molar-refractivity contribution in [1.29, 1.82) is 0 Å². The summed E-state index contributed by atoms with van der Waals surface area (Å²) in [6, 6.07) is 1.67. The van der Waals surface area contributed by atoms with Gasteiger partial charge >= 0.3 is 0 Å². The average molecular weight is 221 g/mol. The zero-order chi connectivity index (χ0) is 11.4. The number of hydrogen-bond acceptors (Lipinski definition) is 5. The van der Waals surface area contributed by atoms with Gasteiger partial charge in [0.1, 0.15) is 6.33 Å². The molecule has 2 N–H and O–H groups in total. The van der Waals surface area contributed by atoms with Crippen molar-refractivity contribution in [3.05, 3.63) is 24.4 Å². The molecule has 0 aromatic carbocycles. The van der Waals surface area contributed by atoms with Gasteiger partial charge in [-0.1, -0.05) is 0 Å². The van der Waals surface area contributed by atoms with Gasteiger partial charge in [-0.15, -0.1) is 10.2 Å². The van der Waals surface area contributed by atoms with Gasteiger partial charge in [0.25, 0.3) is 0 Å². The van der Waals surface area contributed by atoms with E-state index in [-0.39, 0.29) is 6.04 Å². The molecule has 0 aliphatic heterocycles. The Hall–Kier alpha value is -1.53. The minimum Gasteiger partial charge on any atom is -0.385 e. The monoisotopic (exact) mass is 221 g/mol. The van der Waals surface area contributed by atoms with Crippen LogP contribution in [0.5, 0.6) is 0 Å². The van der Waals surface area contributed by atoms with Crippen LogP contribution in [0.25, 0.3) is 5.65 Å². The molecular weight excluding hydrogens is 206 g/mol. The molecule has 0 aliphatic carbocycles. The zero-order valence-electron chi connectivity index (χ0n) is 9.21. The van der Waals surface area contributed by atoms with Gasteiger partial charge in [0.2, 0.25) is 0 Å². The molecule has 0 radical (unpaired) electrons. The molecule has 6 heteroatoms. The summed E-state index contributed by atoms with van der Waals surface area (Å²) in [6.07, 6.45) is 5.10. The number of methoxy groups -OCH3 is 1. The highest BCUT2D eigenvalue weighted by atomic mass is 16.5. The Balaban J connectivity index is 2.13. The zero-order valence-corrected chi connectivity index (χ0v) is 9.21. The summed E-state index contributed by atoms with van der Waals surface area (Å²) in [6.45, 7) is 0.711. The lowest BCUT2D eigenvalue weighted by Gasteiger charge is -2.08. The van der Waals surface area contributed by atoms with E-state index in [4.69, 9.17) is 10.5 Å². The highest BCUT2D eigenvalue weighted by molar-refractivity contribution is 5.35. The number of nitrogens with two attached hydrogens (primary N) is 1. The van der Waals surface area contributed by atoms with Crippen molar-refractivity contribution in [3.63, 3.8) is 0 Å². The van der Waals surface area contributed by atoms with Gasteiger partial charge in [-0.05, 0) is 12.8 Å². The second kappa shape index (κ2) is 5.00. The standard InChI is InChI=1S/C10H15N5O/c1-16-6-2-3-8(11)10-14-13-9-4-5-12-7-15(9)10/h4-5,7-8H,2-3,6,11H2,1H3. The van der Waals surface area contributed by atoms with Crippen molar-refractivity contribution in [2.24, 2.45) is 5.73 Å². The Bertz CT molecular complexity index is 455. The van der Waals surface area contributed by atoms with Crippen LogP contribution in [0.4, 0.5) is 0 Å². The van der Waals surface area contributed by atoms with E-state index in [1.165, 1.54) is 0 Å². The Morgan fingerprint density at radius 1 is 1.50 bits per heavy atom. The Kier molecular flexibility index (Phi) is 3.43. The number of hydrogen-bond donors (Lipinski definition) is 1. The third kappa shape index (κ3) is 2.17. The number of ether oxygens (including phenoxy) is 1. The van der Waals surface area contributed by atoms with E-state index in [2.05, 4.69) is 15.2 Å². The lowest BCUT2D eigenvalue weighted by Crippen LogP contribution is -2.14. The predicted molar refractivity (Wildman–Crippen MR) is 58.8 cm³/mol. The van der Waals surface area contributed by atoms with Crippen LogP contribution in [-0.4, -0.2) is 33.3 Å². The summed E-state index contributed by atoms with van der Waals surface area (Å²) in [5.41, 5.74) is 6.81. The number of fused-ring (bicyclic) bond motifs is 1. The third-order valence-corrected chi connectivity index (χ3v) is 2.44. The van der Waals surface area contributed by atoms with E-state index in [9.17, 15) is 0 Å². The highest BCUT2D eigenvalue weighted by Crippen LogP contribution is 2.14. The van der Waals surface area contributed by atoms with Crippen LogP contribution in [0, 0.1) is 0 Å². The molecule has 16 heavy (non-hydrogen) atoms. The molecule has 0 saturated carbocycles. The molecule has 0 aliphatic rings. The maximum absolute atomic E-state index is 6.04. The maximum Gasteiger partial charge on any atom is 0.163 e. The minimum absolute atomic E-state index is 0.130. The maximum atomic E-state index is 6.04. The van der Waals surface area contributed by atoms with Crippen molar-refractivity contribution < 1.29 is 4.74 Å². The van der Waals surface area contributed by atoms with Gasteiger partial charge in [0.05, 0.1) is 6.04 Å². The van der Waals surface area contributed by atoms with Crippen LogP contribution in [0.1, 0.15) is 24.7 Å². The van der Waals surface area contributed by atoms with E-state index in [1.807, 2.05) is 4.40 Å². The quantitative estimate of drug-likeness (QED) is 0.746. The van der Waals surface area contributed by atoms with Gasteiger partial charge in [-0.25, -0.2) is 4.98 Å². The topological polar surface area (TPSA) is 78.3 Å². The average Bonchev–Trinajstić information content (AvgIpc) is 2.73. The van der Waals surface area contributed by atoms with E-state index in [0.29, 0.717) is 6.61 Å². The van der Waals surface area contributed by atoms with Gasteiger partial charge in [-0.2, -0.15) is 0 Å². The molecule has 2 aromatic rings. The molecule has 0 fully saturated rings. The number of rotatable bonds is 5. The lowest BCUT2D eigenvalue weighted by molar-refractivity contribution is 0.190. The molecule has 0 spiro atoms. The van der Waals surface area contributed by atoms with E-state index >= 15 is 0 Å². The van der Waals surface area contributed by atoms with Crippen LogP contribution in [0.2, 0.25) is 0 Å². The summed E-state index contributed by atoms with van der Waals surface area (Å²) in [5, 5.41) is 8.11. The Morgan fingerprint density at radius 3 is 3.19 bits per heavy atom. The van der Waals surface area contributed by atoms with Crippen molar-refractivity contribution in [1.82, 2.24) is 19.6 Å². The second-order valence-electron chi connectivity index (χ2n) is 3.61. The first-order valence-electron chi connectivity index (χ1n) is 5.22. The van der Waals surface area contributed by atoms with Crippen LogP contribution < -0.4 is 5.73 Å². The SMILES string of the molecule is COCCCC(N)c1nnc2ccncn12. The normalized spacial score (nSPS) is 13.1. The molecule has 0 bridgehead atoms. The van der Waals surface area contributed by atoms with E-state index in [0.717, 1.165) is 24.3 Å². The fraction of sp³-hybridized carbons (Fsp3) is 0.500. The largest absolute Gasteiger partial charge is 0.385 e. The van der Waals surface area contributed by atoms with E-state index in [1.54, 1.807) is 25.7 Å². The smallest absolute Gasteiger partial charge is 0.163 e. The molecule has 86 valence electrons. The first-order chi connectivity index (χ1) is 7.83. The fourth-order valence-corrected chi connectivity index (χ4v) is 1.59. The molecule has 0 saturated heterocycles. The number of aromatic nitrogens is 4. The van der Waals surface area contributed by atoms with Crippen LogP contribution in [0.3, 0.4) is 0 Å². The molecule has 2 rings (SSSR count). The van der Waals surface area contributed by atoms with Crippen LogP contribution >= 0.6 is 0 Å².